The molecule has 228 valence electrons. The molecule has 4 unspecified atom stereocenters. The summed E-state index contributed by atoms with van der Waals surface area (Å²) in [5, 5.41) is 10.9. The van der Waals surface area contributed by atoms with Gasteiger partial charge in [-0.25, -0.2) is 0 Å². The first-order valence-corrected chi connectivity index (χ1v) is 16.3. The van der Waals surface area contributed by atoms with Crippen LogP contribution in [0.4, 0.5) is 0 Å². The maximum atomic E-state index is 10.9. The van der Waals surface area contributed by atoms with Gasteiger partial charge in [0.25, 0.3) is 0 Å². The minimum Gasteiger partial charge on any atom is -0.488 e. The molecule has 0 saturated carbocycles. The maximum Gasteiger partial charge on any atom is 0.637 e. The van der Waals surface area contributed by atoms with Crippen molar-refractivity contribution in [1.82, 2.24) is 4.90 Å². The summed E-state index contributed by atoms with van der Waals surface area (Å²) in [6, 6.07) is 19.7. The van der Waals surface area contributed by atoms with Gasteiger partial charge in [0.2, 0.25) is 0 Å². The maximum absolute atomic E-state index is 10.9. The molecule has 4 atom stereocenters. The lowest BCUT2D eigenvalue weighted by atomic mass is 10.0. The van der Waals surface area contributed by atoms with Crippen LogP contribution in [0.2, 0.25) is 0 Å². The highest BCUT2D eigenvalue weighted by atomic mass is 16.7. The Kier molecular flexibility index (Phi) is 16.3. The molecule has 7 heteroatoms. The summed E-state index contributed by atoms with van der Waals surface area (Å²) in [5.41, 5.74) is 0. The Morgan fingerprint density at radius 3 is 1.51 bits per heavy atom. The summed E-state index contributed by atoms with van der Waals surface area (Å²) < 4.78 is 24.9. The quantitative estimate of drug-likeness (QED) is 0.139. The lowest BCUT2D eigenvalue weighted by molar-refractivity contribution is -0.0708. The van der Waals surface area contributed by atoms with Crippen LogP contribution in [0.25, 0.3) is 0 Å². The Balaban J connectivity index is 1.61. The SMILES string of the molecule is CCCCCCCCCCCCN1CC(C(CC)Oc2ccccc2)OB(O)OC(C(CC)Oc2ccccc2)C1. The Labute approximate surface area is 249 Å². The highest BCUT2D eigenvalue weighted by Crippen LogP contribution is 2.23. The summed E-state index contributed by atoms with van der Waals surface area (Å²) in [6.45, 7) is 8.76. The van der Waals surface area contributed by atoms with Crippen molar-refractivity contribution >= 4 is 7.32 Å². The predicted molar refractivity (Wildman–Crippen MR) is 168 cm³/mol. The second-order valence-electron chi connectivity index (χ2n) is 11.4. The lowest BCUT2D eigenvalue weighted by Gasteiger charge is -2.39. The first-order chi connectivity index (χ1) is 20.1. The highest BCUT2D eigenvalue weighted by molar-refractivity contribution is 6.34. The normalized spacial score (nSPS) is 19.8. The van der Waals surface area contributed by atoms with Crippen LogP contribution in [-0.4, -0.2) is 61.3 Å². The van der Waals surface area contributed by atoms with Gasteiger partial charge in [0.1, 0.15) is 23.7 Å². The fourth-order valence-electron chi connectivity index (χ4n) is 5.61. The first kappa shape index (κ1) is 33.4. The molecule has 0 radical (unpaired) electrons. The molecule has 1 fully saturated rings. The van der Waals surface area contributed by atoms with Gasteiger partial charge in [-0.3, -0.25) is 4.90 Å². The minimum atomic E-state index is -1.34. The first-order valence-electron chi connectivity index (χ1n) is 16.3. The van der Waals surface area contributed by atoms with Crippen LogP contribution >= 0.6 is 0 Å². The summed E-state index contributed by atoms with van der Waals surface area (Å²) in [7, 11) is -1.34. The summed E-state index contributed by atoms with van der Waals surface area (Å²) in [5.74, 6) is 1.61. The third-order valence-corrected chi connectivity index (χ3v) is 7.98. The van der Waals surface area contributed by atoms with Crippen LogP contribution in [0, 0.1) is 0 Å². The van der Waals surface area contributed by atoms with Gasteiger partial charge >= 0.3 is 7.32 Å². The minimum absolute atomic E-state index is 0.204. The van der Waals surface area contributed by atoms with E-state index in [0.717, 1.165) is 37.3 Å². The second-order valence-corrected chi connectivity index (χ2v) is 11.4. The van der Waals surface area contributed by atoms with Gasteiger partial charge in [-0.1, -0.05) is 115 Å². The van der Waals surface area contributed by atoms with Crippen molar-refractivity contribution in [2.45, 2.75) is 122 Å². The molecule has 0 amide bonds. The average Bonchev–Trinajstić information content (AvgIpc) is 2.99. The van der Waals surface area contributed by atoms with Crippen LogP contribution in [0.3, 0.4) is 0 Å². The molecule has 0 spiro atoms. The standard InChI is InChI=1S/C34H54BNO5/c1-4-7-8-9-10-11-12-13-14-21-26-36-27-33(31(5-2)38-29-22-17-15-18-23-29)40-35(37)41-34(28-36)32(6-3)39-30-24-19-16-20-25-30/h15-20,22-25,31-34,37H,4-14,21,26-28H2,1-3H3. The van der Waals surface area contributed by atoms with E-state index in [4.69, 9.17) is 18.8 Å². The second kappa shape index (κ2) is 20.0. The van der Waals surface area contributed by atoms with Gasteiger partial charge in [0.05, 0.1) is 12.2 Å². The van der Waals surface area contributed by atoms with E-state index in [9.17, 15) is 5.02 Å². The number of ether oxygens (including phenoxy) is 2. The van der Waals surface area contributed by atoms with Gasteiger partial charge in [-0.05, 0) is 50.1 Å². The molecule has 2 aromatic rings. The van der Waals surface area contributed by atoms with Gasteiger partial charge in [0, 0.05) is 13.1 Å². The predicted octanol–water partition coefficient (Wildman–Crippen LogP) is 7.69. The van der Waals surface area contributed by atoms with Crippen LogP contribution < -0.4 is 9.47 Å². The van der Waals surface area contributed by atoms with E-state index < -0.39 is 7.32 Å². The third-order valence-electron chi connectivity index (χ3n) is 7.98. The Hall–Kier alpha value is -2.06. The molecule has 41 heavy (non-hydrogen) atoms. The number of unbranched alkanes of at least 4 members (excludes halogenated alkanes) is 9. The van der Waals surface area contributed by atoms with E-state index in [1.54, 1.807) is 0 Å². The van der Waals surface area contributed by atoms with Crippen LogP contribution in [0.15, 0.2) is 60.7 Å². The molecule has 0 aromatic heterocycles. The molecule has 1 N–H and O–H groups in total. The molecular weight excluding hydrogens is 513 g/mol. The number of para-hydroxylation sites is 2. The number of rotatable bonds is 19. The number of hydrogen-bond donors (Lipinski definition) is 1. The Morgan fingerprint density at radius 1 is 0.683 bits per heavy atom. The molecule has 1 heterocycles. The van der Waals surface area contributed by atoms with E-state index >= 15 is 0 Å². The number of benzene rings is 2. The van der Waals surface area contributed by atoms with Crippen LogP contribution in [0.5, 0.6) is 11.5 Å². The topological polar surface area (TPSA) is 60.4 Å². The van der Waals surface area contributed by atoms with E-state index in [0.29, 0.717) is 13.1 Å². The summed E-state index contributed by atoms with van der Waals surface area (Å²) in [4.78, 5) is 2.43. The smallest absolute Gasteiger partial charge is 0.488 e. The third kappa shape index (κ3) is 12.8. The van der Waals surface area contributed by atoms with Crippen molar-refractivity contribution in [2.24, 2.45) is 0 Å². The molecular formula is C34H54BNO5. The average molecular weight is 568 g/mol. The van der Waals surface area contributed by atoms with Crippen molar-refractivity contribution in [3.63, 3.8) is 0 Å². The Bertz CT molecular complexity index is 843. The molecule has 1 aliphatic heterocycles. The zero-order valence-corrected chi connectivity index (χ0v) is 25.8. The van der Waals surface area contributed by atoms with Crippen molar-refractivity contribution < 1.29 is 23.8 Å². The molecule has 2 aromatic carbocycles. The van der Waals surface area contributed by atoms with Gasteiger partial charge in [-0.2, -0.15) is 0 Å². The molecule has 1 aliphatic rings. The van der Waals surface area contributed by atoms with Gasteiger partial charge in [0.15, 0.2) is 0 Å². The van der Waals surface area contributed by atoms with E-state index in [1.807, 2.05) is 60.7 Å². The molecule has 0 aliphatic carbocycles. The van der Waals surface area contributed by atoms with Crippen molar-refractivity contribution in [2.75, 3.05) is 19.6 Å². The molecule has 0 bridgehead atoms. The number of nitrogens with zero attached hydrogens (tertiary/aromatic N) is 1. The highest BCUT2D eigenvalue weighted by Gasteiger charge is 2.38. The number of hydrogen-bond acceptors (Lipinski definition) is 6. The zero-order valence-electron chi connectivity index (χ0n) is 25.8. The largest absolute Gasteiger partial charge is 0.637 e. The fraction of sp³-hybridized carbons (Fsp3) is 0.647. The van der Waals surface area contributed by atoms with Crippen molar-refractivity contribution in [3.8, 4) is 11.5 Å². The van der Waals surface area contributed by atoms with Gasteiger partial charge in [-0.15, -0.1) is 0 Å². The lowest BCUT2D eigenvalue weighted by Crippen LogP contribution is -2.55. The van der Waals surface area contributed by atoms with Crippen LogP contribution in [0.1, 0.15) is 97.8 Å². The van der Waals surface area contributed by atoms with Crippen molar-refractivity contribution in [3.05, 3.63) is 60.7 Å². The Morgan fingerprint density at radius 2 is 1.10 bits per heavy atom. The monoisotopic (exact) mass is 567 g/mol. The van der Waals surface area contributed by atoms with Gasteiger partial charge < -0.3 is 23.8 Å². The zero-order chi connectivity index (χ0) is 29.1. The molecule has 1 saturated heterocycles. The summed E-state index contributed by atoms with van der Waals surface area (Å²) >= 11 is 0. The van der Waals surface area contributed by atoms with Crippen LogP contribution in [-0.2, 0) is 9.31 Å². The van der Waals surface area contributed by atoms with Crippen molar-refractivity contribution in [1.29, 1.82) is 0 Å². The molecule has 3 rings (SSSR count). The van der Waals surface area contributed by atoms with E-state index in [2.05, 4.69) is 25.7 Å². The summed E-state index contributed by atoms with van der Waals surface area (Å²) in [6.07, 6.45) is 13.6. The van der Waals surface area contributed by atoms with E-state index in [-0.39, 0.29) is 24.4 Å². The fourth-order valence-corrected chi connectivity index (χ4v) is 5.61. The molecule has 6 nitrogen and oxygen atoms in total. The van der Waals surface area contributed by atoms with E-state index in [1.165, 1.54) is 57.8 Å².